The molecule has 0 nitrogen and oxygen atoms in total. The van der Waals surface area contributed by atoms with Crippen LogP contribution in [0.15, 0.2) is 18.2 Å². The van der Waals surface area contributed by atoms with Crippen molar-refractivity contribution >= 4 is 0 Å². The number of hydrogen-bond acceptors (Lipinski definition) is 0. The highest BCUT2D eigenvalue weighted by atomic mass is 19.1. The fourth-order valence-electron chi connectivity index (χ4n) is 0.927. The van der Waals surface area contributed by atoms with Gasteiger partial charge in [-0.15, -0.1) is 0 Å². The van der Waals surface area contributed by atoms with Crippen molar-refractivity contribution in [3.8, 4) is 0 Å². The van der Waals surface area contributed by atoms with Crippen molar-refractivity contribution in [2.45, 2.75) is 40.5 Å². The first kappa shape index (κ1) is 12.2. The Bertz CT molecular complexity index is 241. The topological polar surface area (TPSA) is 0 Å². The van der Waals surface area contributed by atoms with Crippen molar-refractivity contribution in [1.29, 1.82) is 0 Å². The molecule has 0 atom stereocenters. The maximum atomic E-state index is 12.6. The van der Waals surface area contributed by atoms with Gasteiger partial charge in [0.15, 0.2) is 0 Å². The first-order chi connectivity index (χ1) is 6.15. The Balaban J connectivity index is 0.000000424. The third kappa shape index (κ3) is 4.66. The Morgan fingerprint density at radius 1 is 1.15 bits per heavy atom. The molecule has 0 aromatic heterocycles. The predicted octanol–water partition coefficient (Wildman–Crippen LogP) is 4.11. The van der Waals surface area contributed by atoms with Crippen LogP contribution in [0, 0.1) is 12.7 Å². The van der Waals surface area contributed by atoms with Gasteiger partial charge in [0.05, 0.1) is 0 Å². The second-order valence-corrected chi connectivity index (χ2v) is 3.14. The van der Waals surface area contributed by atoms with Gasteiger partial charge in [-0.1, -0.05) is 39.3 Å². The number of aryl methyl sites for hydroxylation is 2. The van der Waals surface area contributed by atoms with Crippen LogP contribution in [0.1, 0.15) is 38.3 Å². The summed E-state index contributed by atoms with van der Waals surface area (Å²) in [5.41, 5.74) is 1.93. The Morgan fingerprint density at radius 2 is 1.69 bits per heavy atom. The molecule has 1 aromatic carbocycles. The van der Waals surface area contributed by atoms with Gasteiger partial charge < -0.3 is 0 Å². The molecule has 0 saturated carbocycles. The molecular weight excluding hydrogens is 163 g/mol. The highest BCUT2D eigenvalue weighted by Gasteiger charge is 1.95. The maximum absolute atomic E-state index is 12.6. The van der Waals surface area contributed by atoms with Crippen LogP contribution in [-0.2, 0) is 6.42 Å². The lowest BCUT2D eigenvalue weighted by Crippen LogP contribution is -1.85. The standard InChI is InChI=1S/C9H11F.C3H8/c1-3-8-4-5-9(10)7(2)6-8;1-3-2/h4-6H,3H2,1-2H3;3H2,1-2H3. The van der Waals surface area contributed by atoms with E-state index in [9.17, 15) is 4.39 Å². The number of hydrogen-bond donors (Lipinski definition) is 0. The fourth-order valence-corrected chi connectivity index (χ4v) is 0.927. The minimum atomic E-state index is -0.114. The largest absolute Gasteiger partial charge is 0.207 e. The summed E-state index contributed by atoms with van der Waals surface area (Å²) in [4.78, 5) is 0. The smallest absolute Gasteiger partial charge is 0.126 e. The molecular formula is C12H19F. The van der Waals surface area contributed by atoms with Crippen LogP contribution in [0.5, 0.6) is 0 Å². The molecule has 0 spiro atoms. The zero-order chi connectivity index (χ0) is 10.3. The summed E-state index contributed by atoms with van der Waals surface area (Å²) in [5.74, 6) is -0.114. The van der Waals surface area contributed by atoms with Gasteiger partial charge in [-0.2, -0.15) is 0 Å². The van der Waals surface area contributed by atoms with Crippen molar-refractivity contribution in [2.75, 3.05) is 0 Å². The third-order valence-corrected chi connectivity index (χ3v) is 1.63. The first-order valence-corrected chi connectivity index (χ1v) is 4.90. The monoisotopic (exact) mass is 182 g/mol. The van der Waals surface area contributed by atoms with Crippen molar-refractivity contribution in [2.24, 2.45) is 0 Å². The molecule has 0 radical (unpaired) electrons. The highest BCUT2D eigenvalue weighted by molar-refractivity contribution is 5.23. The molecule has 0 aliphatic heterocycles. The van der Waals surface area contributed by atoms with Crippen molar-refractivity contribution in [1.82, 2.24) is 0 Å². The van der Waals surface area contributed by atoms with Crippen LogP contribution in [0.25, 0.3) is 0 Å². The summed E-state index contributed by atoms with van der Waals surface area (Å²) in [6.07, 6.45) is 2.22. The van der Waals surface area contributed by atoms with Gasteiger partial charge in [-0.25, -0.2) is 4.39 Å². The molecule has 0 amide bonds. The molecule has 0 aliphatic rings. The van der Waals surface area contributed by atoms with Crippen LogP contribution < -0.4 is 0 Å². The van der Waals surface area contributed by atoms with E-state index in [0.717, 1.165) is 12.0 Å². The number of rotatable bonds is 1. The zero-order valence-electron chi connectivity index (χ0n) is 9.02. The molecule has 0 fully saturated rings. The van der Waals surface area contributed by atoms with Gasteiger partial charge in [0.1, 0.15) is 5.82 Å². The SMILES string of the molecule is CCC.CCc1ccc(F)c(C)c1. The molecule has 0 bridgehead atoms. The minimum absolute atomic E-state index is 0.114. The van der Waals surface area contributed by atoms with E-state index in [4.69, 9.17) is 0 Å². The molecule has 1 rings (SSSR count). The lowest BCUT2D eigenvalue weighted by atomic mass is 10.1. The van der Waals surface area contributed by atoms with Gasteiger partial charge in [0.25, 0.3) is 0 Å². The highest BCUT2D eigenvalue weighted by Crippen LogP contribution is 2.08. The van der Waals surface area contributed by atoms with Gasteiger partial charge in [0, 0.05) is 0 Å². The first-order valence-electron chi connectivity index (χ1n) is 4.90. The maximum Gasteiger partial charge on any atom is 0.126 e. The Hall–Kier alpha value is -0.850. The predicted molar refractivity (Wildman–Crippen MR) is 56.5 cm³/mol. The molecule has 0 aliphatic carbocycles. The second kappa shape index (κ2) is 6.64. The molecule has 0 unspecified atom stereocenters. The van der Waals surface area contributed by atoms with E-state index < -0.39 is 0 Å². The van der Waals surface area contributed by atoms with Crippen LogP contribution >= 0.6 is 0 Å². The lowest BCUT2D eigenvalue weighted by Gasteiger charge is -1.98. The Labute approximate surface area is 80.8 Å². The number of halogens is 1. The normalized spacial score (nSPS) is 9.00. The van der Waals surface area contributed by atoms with Crippen LogP contribution in [0.2, 0.25) is 0 Å². The molecule has 0 heterocycles. The number of benzene rings is 1. The average molecular weight is 182 g/mol. The molecule has 74 valence electrons. The molecule has 0 N–H and O–H groups in total. The molecule has 13 heavy (non-hydrogen) atoms. The van der Waals surface area contributed by atoms with Crippen molar-refractivity contribution < 1.29 is 4.39 Å². The average Bonchev–Trinajstić information content (AvgIpc) is 2.11. The fraction of sp³-hybridized carbons (Fsp3) is 0.500. The molecule has 1 heteroatoms. The van der Waals surface area contributed by atoms with Gasteiger partial charge in [-0.05, 0) is 30.5 Å². The summed E-state index contributed by atoms with van der Waals surface area (Å²) < 4.78 is 12.6. The summed E-state index contributed by atoms with van der Waals surface area (Å²) in [6.45, 7) is 8.10. The summed E-state index contributed by atoms with van der Waals surface area (Å²) in [5, 5.41) is 0. The summed E-state index contributed by atoms with van der Waals surface area (Å²) in [7, 11) is 0. The zero-order valence-corrected chi connectivity index (χ0v) is 9.02. The van der Waals surface area contributed by atoms with Gasteiger partial charge in [0.2, 0.25) is 0 Å². The third-order valence-electron chi connectivity index (χ3n) is 1.63. The summed E-state index contributed by atoms with van der Waals surface area (Å²) in [6, 6.07) is 5.23. The van der Waals surface area contributed by atoms with E-state index in [2.05, 4.69) is 20.8 Å². The van der Waals surface area contributed by atoms with Gasteiger partial charge in [-0.3, -0.25) is 0 Å². The van der Waals surface area contributed by atoms with E-state index in [-0.39, 0.29) is 5.82 Å². The van der Waals surface area contributed by atoms with Crippen LogP contribution in [0.3, 0.4) is 0 Å². The van der Waals surface area contributed by atoms with E-state index in [1.165, 1.54) is 18.1 Å². The van der Waals surface area contributed by atoms with Crippen LogP contribution in [0.4, 0.5) is 4.39 Å². The van der Waals surface area contributed by atoms with Crippen LogP contribution in [-0.4, -0.2) is 0 Å². The second-order valence-electron chi connectivity index (χ2n) is 3.14. The van der Waals surface area contributed by atoms with E-state index >= 15 is 0 Å². The van der Waals surface area contributed by atoms with Crippen molar-refractivity contribution in [3.05, 3.63) is 35.1 Å². The molecule has 0 saturated heterocycles. The summed E-state index contributed by atoms with van der Waals surface area (Å²) >= 11 is 0. The van der Waals surface area contributed by atoms with E-state index in [1.54, 1.807) is 6.92 Å². The van der Waals surface area contributed by atoms with Crippen molar-refractivity contribution in [3.63, 3.8) is 0 Å². The lowest BCUT2D eigenvalue weighted by molar-refractivity contribution is 0.617. The quantitative estimate of drug-likeness (QED) is 0.613. The van der Waals surface area contributed by atoms with E-state index in [1.807, 2.05) is 12.1 Å². The Morgan fingerprint density at radius 3 is 2.08 bits per heavy atom. The van der Waals surface area contributed by atoms with E-state index in [0.29, 0.717) is 0 Å². The minimum Gasteiger partial charge on any atom is -0.207 e. The van der Waals surface area contributed by atoms with Gasteiger partial charge >= 0.3 is 0 Å². The molecule has 1 aromatic rings. The Kier molecular flexibility index (Phi) is 6.21.